The fourth-order valence-electron chi connectivity index (χ4n) is 2.81. The van der Waals surface area contributed by atoms with E-state index in [-0.39, 0.29) is 0 Å². The molecule has 1 aliphatic carbocycles. The molecule has 6 heteroatoms. The summed E-state index contributed by atoms with van der Waals surface area (Å²) in [6.45, 7) is 0.302. The number of rotatable bonds is 2. The van der Waals surface area contributed by atoms with Crippen LogP contribution >= 0.6 is 11.8 Å². The average molecular weight is 303 g/mol. The standard InChI is InChI=1S/C15H17N3O2S/c1-2-4-11(3-1)16-15-18-17-12(8-21-15)10-5-6-13-14(7-10)20-9-19-13/h5-7,11H,1-4,8-9H2,(H,16,18). The van der Waals surface area contributed by atoms with Gasteiger partial charge in [0, 0.05) is 11.3 Å². The number of fused-ring (bicyclic) bond motifs is 1. The van der Waals surface area contributed by atoms with E-state index in [0.29, 0.717) is 12.8 Å². The van der Waals surface area contributed by atoms with E-state index in [0.717, 1.165) is 33.7 Å². The van der Waals surface area contributed by atoms with E-state index >= 15 is 0 Å². The first-order valence-electron chi connectivity index (χ1n) is 7.32. The quantitative estimate of drug-likeness (QED) is 0.913. The van der Waals surface area contributed by atoms with E-state index in [1.807, 2.05) is 18.2 Å². The summed E-state index contributed by atoms with van der Waals surface area (Å²) in [6.07, 6.45) is 5.03. The van der Waals surface area contributed by atoms with Crippen LogP contribution in [0.1, 0.15) is 31.2 Å². The van der Waals surface area contributed by atoms with Crippen LogP contribution in [0.25, 0.3) is 0 Å². The van der Waals surface area contributed by atoms with Gasteiger partial charge in [0.05, 0.1) is 11.8 Å². The molecule has 0 bridgehead atoms. The van der Waals surface area contributed by atoms with Crippen molar-refractivity contribution in [1.82, 2.24) is 5.43 Å². The Morgan fingerprint density at radius 2 is 2.05 bits per heavy atom. The molecule has 0 radical (unpaired) electrons. The lowest BCUT2D eigenvalue weighted by molar-refractivity contribution is 0.174. The number of nitrogens with zero attached hydrogens (tertiary/aromatic N) is 2. The molecule has 21 heavy (non-hydrogen) atoms. The first kappa shape index (κ1) is 13.0. The maximum atomic E-state index is 5.41. The highest BCUT2D eigenvalue weighted by molar-refractivity contribution is 8.14. The van der Waals surface area contributed by atoms with Crippen molar-refractivity contribution >= 4 is 22.6 Å². The number of hydrogen-bond acceptors (Lipinski definition) is 5. The van der Waals surface area contributed by atoms with Crippen molar-refractivity contribution in [1.29, 1.82) is 0 Å². The lowest BCUT2D eigenvalue weighted by Crippen LogP contribution is -2.26. The molecule has 5 nitrogen and oxygen atoms in total. The maximum absolute atomic E-state index is 5.41. The van der Waals surface area contributed by atoms with Crippen LogP contribution < -0.4 is 14.9 Å². The molecule has 0 atom stereocenters. The summed E-state index contributed by atoms with van der Waals surface area (Å²) in [5.41, 5.74) is 5.18. The zero-order valence-corrected chi connectivity index (χ0v) is 12.5. The van der Waals surface area contributed by atoms with Gasteiger partial charge in [-0.3, -0.25) is 10.4 Å². The van der Waals surface area contributed by atoms with E-state index in [4.69, 9.17) is 14.5 Å². The summed E-state index contributed by atoms with van der Waals surface area (Å²) >= 11 is 1.72. The summed E-state index contributed by atoms with van der Waals surface area (Å²) in [5.74, 6) is 2.43. The van der Waals surface area contributed by atoms with Crippen LogP contribution in [0.4, 0.5) is 0 Å². The van der Waals surface area contributed by atoms with E-state index in [2.05, 4.69) is 10.5 Å². The summed E-state index contributed by atoms with van der Waals surface area (Å²) in [5, 5.41) is 5.42. The van der Waals surface area contributed by atoms with E-state index in [9.17, 15) is 0 Å². The second kappa shape index (κ2) is 5.60. The lowest BCUT2D eigenvalue weighted by atomic mass is 10.1. The summed E-state index contributed by atoms with van der Waals surface area (Å²) in [4.78, 5) is 4.74. The molecule has 2 heterocycles. The van der Waals surface area contributed by atoms with Crippen molar-refractivity contribution in [2.24, 2.45) is 10.1 Å². The second-order valence-corrected chi connectivity index (χ2v) is 6.36. The molecular formula is C15H17N3O2S. The third kappa shape index (κ3) is 2.72. The fourth-order valence-corrected chi connectivity index (χ4v) is 3.64. The highest BCUT2D eigenvalue weighted by Gasteiger charge is 2.20. The molecule has 0 spiro atoms. The Bertz CT molecular complexity index is 609. The maximum Gasteiger partial charge on any atom is 0.231 e. The molecule has 3 aliphatic rings. The number of hydrazone groups is 1. The molecular weight excluding hydrogens is 286 g/mol. The van der Waals surface area contributed by atoms with Crippen LogP contribution in [0.15, 0.2) is 28.3 Å². The Morgan fingerprint density at radius 3 is 2.86 bits per heavy atom. The first-order valence-corrected chi connectivity index (χ1v) is 8.30. The monoisotopic (exact) mass is 303 g/mol. The van der Waals surface area contributed by atoms with Crippen molar-refractivity contribution in [2.45, 2.75) is 31.7 Å². The SMILES string of the molecule is c1cc2c(cc1C1=NNC(=NC3CCCC3)SC1)OCO2. The molecule has 1 aromatic rings. The zero-order chi connectivity index (χ0) is 14.1. The van der Waals surface area contributed by atoms with Crippen LogP contribution in [0.2, 0.25) is 0 Å². The van der Waals surface area contributed by atoms with Gasteiger partial charge >= 0.3 is 0 Å². The Kier molecular flexibility index (Phi) is 3.47. The third-order valence-corrected chi connectivity index (χ3v) is 4.85. The zero-order valence-electron chi connectivity index (χ0n) is 11.7. The molecule has 1 fully saturated rings. The third-order valence-electron chi connectivity index (χ3n) is 3.96. The van der Waals surface area contributed by atoms with E-state index in [1.54, 1.807) is 11.8 Å². The van der Waals surface area contributed by atoms with Crippen LogP contribution in [0.3, 0.4) is 0 Å². The van der Waals surface area contributed by atoms with Gasteiger partial charge in [0.25, 0.3) is 0 Å². The normalized spacial score (nSPS) is 23.2. The number of aliphatic imine (C=N–C) groups is 1. The van der Waals surface area contributed by atoms with Gasteiger partial charge in [0.1, 0.15) is 0 Å². The predicted molar refractivity (Wildman–Crippen MR) is 84.4 cm³/mol. The number of benzene rings is 1. The number of thioether (sulfide) groups is 1. The van der Waals surface area contributed by atoms with Gasteiger partial charge in [0.15, 0.2) is 16.7 Å². The second-order valence-electron chi connectivity index (χ2n) is 5.40. The molecule has 0 saturated heterocycles. The molecule has 4 rings (SSSR count). The molecule has 2 aliphatic heterocycles. The summed E-state index contributed by atoms with van der Waals surface area (Å²) < 4.78 is 10.7. The van der Waals surface area contributed by atoms with E-state index in [1.165, 1.54) is 25.7 Å². The minimum Gasteiger partial charge on any atom is -0.454 e. The Labute approximate surface area is 127 Å². The Hall–Kier alpha value is -1.69. The Balaban J connectivity index is 1.49. The van der Waals surface area contributed by atoms with Gasteiger partial charge < -0.3 is 9.47 Å². The Morgan fingerprint density at radius 1 is 1.19 bits per heavy atom. The van der Waals surface area contributed by atoms with Crippen LogP contribution in [0, 0.1) is 0 Å². The van der Waals surface area contributed by atoms with Crippen molar-refractivity contribution in [3.63, 3.8) is 0 Å². The molecule has 1 aromatic carbocycles. The predicted octanol–water partition coefficient (Wildman–Crippen LogP) is 2.75. The van der Waals surface area contributed by atoms with Gasteiger partial charge in [-0.1, -0.05) is 24.6 Å². The number of hydrogen-bond donors (Lipinski definition) is 1. The van der Waals surface area contributed by atoms with Crippen LogP contribution in [-0.4, -0.2) is 29.5 Å². The number of amidine groups is 1. The summed E-state index contributed by atoms with van der Waals surface area (Å²) in [7, 11) is 0. The number of ether oxygens (including phenoxy) is 2. The minimum absolute atomic E-state index is 0.302. The van der Waals surface area contributed by atoms with Crippen molar-refractivity contribution < 1.29 is 9.47 Å². The smallest absolute Gasteiger partial charge is 0.231 e. The molecule has 0 aromatic heterocycles. The van der Waals surface area contributed by atoms with Crippen molar-refractivity contribution in [3.05, 3.63) is 23.8 Å². The van der Waals surface area contributed by atoms with Crippen LogP contribution in [0.5, 0.6) is 11.5 Å². The molecule has 0 unspecified atom stereocenters. The van der Waals surface area contributed by atoms with Crippen LogP contribution in [-0.2, 0) is 0 Å². The first-order chi connectivity index (χ1) is 10.4. The molecule has 1 saturated carbocycles. The van der Waals surface area contributed by atoms with Gasteiger partial charge in [-0.25, -0.2) is 0 Å². The molecule has 1 N–H and O–H groups in total. The summed E-state index contributed by atoms with van der Waals surface area (Å²) in [6, 6.07) is 6.44. The van der Waals surface area contributed by atoms with Gasteiger partial charge in [-0.15, -0.1) is 0 Å². The molecule has 0 amide bonds. The van der Waals surface area contributed by atoms with Crippen molar-refractivity contribution in [2.75, 3.05) is 12.5 Å². The molecule has 110 valence electrons. The average Bonchev–Trinajstić information content (AvgIpc) is 3.18. The topological polar surface area (TPSA) is 55.2 Å². The van der Waals surface area contributed by atoms with E-state index < -0.39 is 0 Å². The van der Waals surface area contributed by atoms with Gasteiger partial charge in [0.2, 0.25) is 6.79 Å². The van der Waals surface area contributed by atoms with Gasteiger partial charge in [-0.05, 0) is 31.0 Å². The minimum atomic E-state index is 0.302. The fraction of sp³-hybridized carbons (Fsp3) is 0.467. The highest BCUT2D eigenvalue weighted by Crippen LogP contribution is 2.33. The lowest BCUT2D eigenvalue weighted by Gasteiger charge is -2.16. The highest BCUT2D eigenvalue weighted by atomic mass is 32.2. The van der Waals surface area contributed by atoms with Gasteiger partial charge in [-0.2, -0.15) is 5.10 Å². The number of nitrogens with one attached hydrogen (secondary N) is 1. The van der Waals surface area contributed by atoms with Crippen molar-refractivity contribution in [3.8, 4) is 11.5 Å². The largest absolute Gasteiger partial charge is 0.454 e.